The molecular weight excluding hydrogens is 262 g/mol. The zero-order valence-electron chi connectivity index (χ0n) is 7.90. The van der Waals surface area contributed by atoms with Gasteiger partial charge in [-0.1, -0.05) is 22.0 Å². The summed E-state index contributed by atoms with van der Waals surface area (Å²) in [4.78, 5) is 11.3. The third kappa shape index (κ3) is 1.59. The Hall–Kier alpha value is -1.49. The molecule has 2 rings (SSSR count). The summed E-state index contributed by atoms with van der Waals surface area (Å²) in [6.07, 6.45) is 0. The largest absolute Gasteiger partial charge is 0.464 e. The Morgan fingerprint density at radius 3 is 2.87 bits per heavy atom. The van der Waals surface area contributed by atoms with Crippen molar-refractivity contribution in [1.29, 1.82) is 0 Å². The highest BCUT2D eigenvalue weighted by atomic mass is 79.9. The number of hydrogen-bond donors (Lipinski definition) is 1. The summed E-state index contributed by atoms with van der Waals surface area (Å²) in [5, 5.41) is 10.5. The molecule has 0 spiro atoms. The van der Waals surface area contributed by atoms with Crippen LogP contribution in [0.15, 0.2) is 28.7 Å². The minimum atomic E-state index is -0.565. The highest BCUT2D eigenvalue weighted by Gasteiger charge is 2.15. The molecule has 0 fully saturated rings. The average Bonchev–Trinajstić information content (AvgIpc) is 2.55. The molecule has 0 saturated heterocycles. The monoisotopic (exact) mass is 269 g/mol. The van der Waals surface area contributed by atoms with Crippen molar-refractivity contribution in [2.24, 2.45) is 0 Å². The lowest BCUT2D eigenvalue weighted by Crippen LogP contribution is -2.07. The molecule has 1 N–H and O–H groups in total. The number of fused-ring (bicyclic) bond motifs is 1. The number of aromatic nitrogens is 1. The highest BCUT2D eigenvalue weighted by Crippen LogP contribution is 2.22. The SMILES string of the molecule is COC(=O)c1cc2ccc(Br)cc2n1O. The van der Waals surface area contributed by atoms with E-state index in [0.29, 0.717) is 5.52 Å². The van der Waals surface area contributed by atoms with E-state index in [1.54, 1.807) is 18.2 Å². The lowest BCUT2D eigenvalue weighted by Gasteiger charge is -2.00. The quantitative estimate of drug-likeness (QED) is 0.639. The standard InChI is InChI=1S/C10H8BrNO3/c1-15-10(13)9-4-6-2-3-7(11)5-8(6)12(9)14/h2-5,14H,1H3. The third-order valence-electron chi connectivity index (χ3n) is 2.14. The summed E-state index contributed by atoms with van der Waals surface area (Å²) in [5.41, 5.74) is 0.676. The Morgan fingerprint density at radius 1 is 1.47 bits per heavy atom. The first-order chi connectivity index (χ1) is 7.13. The molecule has 2 aromatic rings. The smallest absolute Gasteiger partial charge is 0.358 e. The highest BCUT2D eigenvalue weighted by molar-refractivity contribution is 9.10. The molecule has 4 nitrogen and oxygen atoms in total. The number of hydrogen-bond acceptors (Lipinski definition) is 3. The lowest BCUT2D eigenvalue weighted by atomic mass is 10.2. The van der Waals surface area contributed by atoms with Crippen LogP contribution in [0.3, 0.4) is 0 Å². The molecule has 0 atom stereocenters. The van der Waals surface area contributed by atoms with Gasteiger partial charge in [0.05, 0.1) is 12.6 Å². The molecule has 0 aliphatic rings. The van der Waals surface area contributed by atoms with Gasteiger partial charge in [-0.2, -0.15) is 4.73 Å². The van der Waals surface area contributed by atoms with Gasteiger partial charge in [0.25, 0.3) is 0 Å². The maximum absolute atomic E-state index is 11.3. The fourth-order valence-electron chi connectivity index (χ4n) is 1.41. The molecule has 78 valence electrons. The van der Waals surface area contributed by atoms with Crippen LogP contribution in [-0.2, 0) is 4.74 Å². The van der Waals surface area contributed by atoms with Gasteiger partial charge in [0.1, 0.15) is 0 Å². The molecule has 0 saturated carbocycles. The number of benzene rings is 1. The average molecular weight is 270 g/mol. The number of methoxy groups -OCH3 is 1. The zero-order chi connectivity index (χ0) is 11.0. The zero-order valence-corrected chi connectivity index (χ0v) is 9.48. The first-order valence-corrected chi connectivity index (χ1v) is 5.01. The predicted octanol–water partition coefficient (Wildman–Crippen LogP) is 2.43. The van der Waals surface area contributed by atoms with Crippen molar-refractivity contribution < 1.29 is 14.7 Å². The Kier molecular flexibility index (Phi) is 2.40. The Bertz CT molecular complexity index is 533. The lowest BCUT2D eigenvalue weighted by molar-refractivity contribution is 0.0554. The fourth-order valence-corrected chi connectivity index (χ4v) is 1.76. The second kappa shape index (κ2) is 3.58. The number of halogens is 1. The molecule has 1 heterocycles. The van der Waals surface area contributed by atoms with Gasteiger partial charge in [-0.05, 0) is 18.2 Å². The van der Waals surface area contributed by atoms with Gasteiger partial charge in [0, 0.05) is 9.86 Å². The van der Waals surface area contributed by atoms with Crippen molar-refractivity contribution in [3.63, 3.8) is 0 Å². The maximum Gasteiger partial charge on any atom is 0.358 e. The molecule has 0 aliphatic heterocycles. The minimum Gasteiger partial charge on any atom is -0.464 e. The molecule has 15 heavy (non-hydrogen) atoms. The van der Waals surface area contributed by atoms with Crippen LogP contribution in [0.1, 0.15) is 10.5 Å². The van der Waals surface area contributed by atoms with E-state index < -0.39 is 5.97 Å². The van der Waals surface area contributed by atoms with Gasteiger partial charge in [0.2, 0.25) is 0 Å². The maximum atomic E-state index is 11.3. The van der Waals surface area contributed by atoms with Crippen LogP contribution in [0.25, 0.3) is 10.9 Å². The number of ether oxygens (including phenoxy) is 1. The van der Waals surface area contributed by atoms with E-state index >= 15 is 0 Å². The van der Waals surface area contributed by atoms with Gasteiger partial charge < -0.3 is 9.94 Å². The van der Waals surface area contributed by atoms with Gasteiger partial charge >= 0.3 is 5.97 Å². The molecule has 1 aromatic heterocycles. The Balaban J connectivity index is 2.69. The van der Waals surface area contributed by atoms with Gasteiger partial charge in [0.15, 0.2) is 5.69 Å². The summed E-state index contributed by atoms with van der Waals surface area (Å²) >= 11 is 3.29. The van der Waals surface area contributed by atoms with Gasteiger partial charge in [-0.25, -0.2) is 4.79 Å². The molecular formula is C10H8BrNO3. The molecule has 0 bridgehead atoms. The van der Waals surface area contributed by atoms with Crippen molar-refractivity contribution in [1.82, 2.24) is 4.73 Å². The van der Waals surface area contributed by atoms with E-state index in [1.165, 1.54) is 7.11 Å². The molecule has 0 amide bonds. The van der Waals surface area contributed by atoms with Crippen molar-refractivity contribution >= 4 is 32.8 Å². The summed E-state index contributed by atoms with van der Waals surface area (Å²) in [5.74, 6) is -0.565. The van der Waals surface area contributed by atoms with Crippen LogP contribution in [-0.4, -0.2) is 23.0 Å². The first kappa shape index (κ1) is 10.0. The van der Waals surface area contributed by atoms with Crippen molar-refractivity contribution in [3.05, 3.63) is 34.4 Å². The Labute approximate surface area is 94.2 Å². The number of nitrogens with zero attached hydrogens (tertiary/aromatic N) is 1. The number of carbonyl (C=O) groups is 1. The minimum absolute atomic E-state index is 0.116. The topological polar surface area (TPSA) is 51.5 Å². The van der Waals surface area contributed by atoms with E-state index in [-0.39, 0.29) is 5.69 Å². The predicted molar refractivity (Wildman–Crippen MR) is 58.2 cm³/mol. The van der Waals surface area contributed by atoms with Crippen LogP contribution in [0.4, 0.5) is 0 Å². The fraction of sp³-hybridized carbons (Fsp3) is 0.100. The van der Waals surface area contributed by atoms with Crippen LogP contribution < -0.4 is 0 Å². The Morgan fingerprint density at radius 2 is 2.20 bits per heavy atom. The van der Waals surface area contributed by atoms with Crippen LogP contribution in [0, 0.1) is 0 Å². The summed E-state index contributed by atoms with van der Waals surface area (Å²) in [6, 6.07) is 6.94. The summed E-state index contributed by atoms with van der Waals surface area (Å²) in [6.45, 7) is 0. The first-order valence-electron chi connectivity index (χ1n) is 4.22. The van der Waals surface area contributed by atoms with E-state index in [1.807, 2.05) is 6.07 Å². The molecule has 0 radical (unpaired) electrons. The molecule has 0 unspecified atom stereocenters. The summed E-state index contributed by atoms with van der Waals surface area (Å²) < 4.78 is 6.20. The second-order valence-electron chi connectivity index (χ2n) is 3.04. The van der Waals surface area contributed by atoms with E-state index in [2.05, 4.69) is 20.7 Å². The van der Waals surface area contributed by atoms with Crippen molar-refractivity contribution in [3.8, 4) is 0 Å². The van der Waals surface area contributed by atoms with Crippen LogP contribution in [0.5, 0.6) is 0 Å². The molecule has 5 heteroatoms. The van der Waals surface area contributed by atoms with Crippen LogP contribution >= 0.6 is 15.9 Å². The van der Waals surface area contributed by atoms with Gasteiger partial charge in [-0.15, -0.1) is 0 Å². The van der Waals surface area contributed by atoms with Crippen molar-refractivity contribution in [2.75, 3.05) is 7.11 Å². The van der Waals surface area contributed by atoms with Crippen molar-refractivity contribution in [2.45, 2.75) is 0 Å². The summed E-state index contributed by atoms with van der Waals surface area (Å²) in [7, 11) is 1.27. The molecule has 1 aromatic carbocycles. The number of carbonyl (C=O) groups excluding carboxylic acids is 1. The van der Waals surface area contributed by atoms with Crippen LogP contribution in [0.2, 0.25) is 0 Å². The van der Waals surface area contributed by atoms with E-state index in [4.69, 9.17) is 0 Å². The van der Waals surface area contributed by atoms with E-state index in [0.717, 1.165) is 14.6 Å². The second-order valence-corrected chi connectivity index (χ2v) is 3.95. The normalized spacial score (nSPS) is 10.5. The van der Waals surface area contributed by atoms with E-state index in [9.17, 15) is 10.0 Å². The van der Waals surface area contributed by atoms with Gasteiger partial charge in [-0.3, -0.25) is 0 Å². The molecule has 0 aliphatic carbocycles. The third-order valence-corrected chi connectivity index (χ3v) is 2.63. The number of rotatable bonds is 1. The number of esters is 1.